The van der Waals surface area contributed by atoms with Gasteiger partial charge in [-0.3, -0.25) is 4.99 Å². The summed E-state index contributed by atoms with van der Waals surface area (Å²) in [4.78, 5) is 4.93. The molecule has 1 aromatic rings. The largest absolute Gasteiger partial charge is 0.381 e. The molecule has 6 heteroatoms. The molecule has 2 aliphatic rings. The molecule has 1 saturated carbocycles. The summed E-state index contributed by atoms with van der Waals surface area (Å²) in [6.07, 6.45) is 6.82. The van der Waals surface area contributed by atoms with Crippen molar-refractivity contribution < 1.29 is 4.74 Å². The van der Waals surface area contributed by atoms with Crippen LogP contribution in [0.4, 0.5) is 0 Å². The monoisotopic (exact) mass is 439 g/mol. The summed E-state index contributed by atoms with van der Waals surface area (Å²) in [5.74, 6) is 0.936. The molecule has 2 fully saturated rings. The minimum Gasteiger partial charge on any atom is -0.381 e. The van der Waals surface area contributed by atoms with Gasteiger partial charge in [0.05, 0.1) is 6.54 Å². The number of nitrogens with one attached hydrogen (secondary N) is 2. The van der Waals surface area contributed by atoms with Gasteiger partial charge < -0.3 is 15.4 Å². The molecule has 3 rings (SSSR count). The van der Waals surface area contributed by atoms with E-state index in [1.54, 1.807) is 0 Å². The Morgan fingerprint density at radius 3 is 2.54 bits per heavy atom. The quantitative estimate of drug-likeness (QED) is 0.498. The lowest BCUT2D eigenvalue weighted by Crippen LogP contribution is -2.43. The second kappa shape index (κ2) is 8.98. The topological polar surface area (TPSA) is 45.7 Å². The van der Waals surface area contributed by atoms with Crippen LogP contribution in [-0.4, -0.2) is 49.8 Å². The lowest BCUT2D eigenvalue weighted by molar-refractivity contribution is 0.0794. The van der Waals surface area contributed by atoms with Crippen LogP contribution in [0, 0.1) is 0 Å². The Kier molecular flexibility index (Phi) is 6.92. The number of hydrogen-bond donors (Lipinski definition) is 2. The highest BCUT2D eigenvalue weighted by Gasteiger charge is 2.45. The molecule has 1 aromatic carbocycles. The molecule has 1 aliphatic carbocycles. The van der Waals surface area contributed by atoms with Crippen molar-refractivity contribution in [1.82, 2.24) is 10.6 Å². The van der Waals surface area contributed by atoms with Crippen molar-refractivity contribution in [3.63, 3.8) is 0 Å². The van der Waals surface area contributed by atoms with E-state index in [-0.39, 0.29) is 10.2 Å². The van der Waals surface area contributed by atoms with Crippen LogP contribution in [0.15, 0.2) is 33.7 Å². The van der Waals surface area contributed by atoms with E-state index in [2.05, 4.69) is 64.0 Å². The number of benzene rings is 1. The maximum Gasteiger partial charge on any atom is 0.191 e. The Labute approximate surface area is 170 Å². The predicted molar refractivity (Wildman–Crippen MR) is 115 cm³/mol. The number of ether oxygens (including phenoxy) is 1. The summed E-state index contributed by atoms with van der Waals surface area (Å²) in [6.45, 7) is 6.47. The lowest BCUT2D eigenvalue weighted by atomic mass is 9.96. The van der Waals surface area contributed by atoms with Crippen LogP contribution in [0.3, 0.4) is 0 Å². The van der Waals surface area contributed by atoms with Gasteiger partial charge in [-0.1, -0.05) is 34.1 Å². The van der Waals surface area contributed by atoms with Gasteiger partial charge >= 0.3 is 0 Å². The van der Waals surface area contributed by atoms with Crippen molar-refractivity contribution in [2.24, 2.45) is 4.99 Å². The average molecular weight is 440 g/mol. The standard InChI is InChI=1S/C20H30BrN3OS/c1-3-22-18(24-15-20(26-2)10-12-25-13-11-20)23-14-19(8-9-19)16-6-4-5-7-17(16)21/h4-7H,3,8-15H2,1-2H3,(H2,22,23,24). The van der Waals surface area contributed by atoms with Gasteiger partial charge in [-0.15, -0.1) is 0 Å². The Morgan fingerprint density at radius 1 is 1.19 bits per heavy atom. The molecule has 144 valence electrons. The van der Waals surface area contributed by atoms with Crippen molar-refractivity contribution in [1.29, 1.82) is 0 Å². The Hall–Kier alpha value is -0.720. The normalized spacial score (nSPS) is 21.3. The molecule has 0 radical (unpaired) electrons. The first kappa shape index (κ1) is 20.0. The predicted octanol–water partition coefficient (Wildman–Crippen LogP) is 3.95. The Balaban J connectivity index is 1.64. The van der Waals surface area contributed by atoms with Gasteiger partial charge in [0.15, 0.2) is 5.96 Å². The highest BCUT2D eigenvalue weighted by molar-refractivity contribution is 9.10. The fraction of sp³-hybridized carbons (Fsp3) is 0.650. The molecule has 0 unspecified atom stereocenters. The maximum atomic E-state index is 5.54. The molecule has 1 heterocycles. The third-order valence-electron chi connectivity index (χ3n) is 5.60. The SMILES string of the molecule is CCNC(=NCC1(SC)CCOCC1)NCC1(c2ccccc2Br)CC1. The van der Waals surface area contributed by atoms with Gasteiger partial charge in [0, 0.05) is 40.9 Å². The van der Waals surface area contributed by atoms with Gasteiger partial charge in [-0.25, -0.2) is 0 Å². The zero-order chi connectivity index (χ0) is 18.5. The molecule has 0 bridgehead atoms. The summed E-state index contributed by atoms with van der Waals surface area (Å²) in [7, 11) is 0. The molecule has 4 nitrogen and oxygen atoms in total. The fourth-order valence-electron chi connectivity index (χ4n) is 3.57. The van der Waals surface area contributed by atoms with Crippen molar-refractivity contribution >= 4 is 33.7 Å². The molecular formula is C20H30BrN3OS. The molecule has 0 amide bonds. The second-order valence-electron chi connectivity index (χ2n) is 7.31. The zero-order valence-corrected chi connectivity index (χ0v) is 18.2. The van der Waals surface area contributed by atoms with Crippen molar-refractivity contribution in [3.05, 3.63) is 34.3 Å². The molecule has 0 spiro atoms. The fourth-order valence-corrected chi connectivity index (χ4v) is 5.05. The van der Waals surface area contributed by atoms with Gasteiger partial charge in [-0.2, -0.15) is 11.8 Å². The van der Waals surface area contributed by atoms with Crippen molar-refractivity contribution in [3.8, 4) is 0 Å². The molecule has 26 heavy (non-hydrogen) atoms. The third kappa shape index (κ3) is 4.76. The minimum absolute atomic E-state index is 0.223. The summed E-state index contributed by atoms with van der Waals surface area (Å²) in [5, 5.41) is 7.02. The summed E-state index contributed by atoms with van der Waals surface area (Å²) >= 11 is 5.66. The van der Waals surface area contributed by atoms with Crippen molar-refractivity contribution in [2.75, 3.05) is 39.1 Å². The molecule has 1 aliphatic heterocycles. The molecule has 0 atom stereocenters. The van der Waals surface area contributed by atoms with E-state index in [0.717, 1.165) is 51.6 Å². The van der Waals surface area contributed by atoms with Crippen LogP contribution in [0.25, 0.3) is 0 Å². The molecule has 0 aromatic heterocycles. The maximum absolute atomic E-state index is 5.54. The number of nitrogens with zero attached hydrogens (tertiary/aromatic N) is 1. The van der Waals surface area contributed by atoms with Crippen LogP contribution in [0.1, 0.15) is 38.2 Å². The van der Waals surface area contributed by atoms with Gasteiger partial charge in [0.25, 0.3) is 0 Å². The Bertz CT molecular complexity index is 627. The van der Waals surface area contributed by atoms with Crippen LogP contribution in [0.2, 0.25) is 0 Å². The number of guanidine groups is 1. The number of rotatable bonds is 7. The minimum atomic E-state index is 0.223. The second-order valence-corrected chi connectivity index (χ2v) is 9.44. The van der Waals surface area contributed by atoms with Crippen LogP contribution in [0.5, 0.6) is 0 Å². The Morgan fingerprint density at radius 2 is 1.92 bits per heavy atom. The number of halogens is 1. The van der Waals surface area contributed by atoms with Gasteiger partial charge in [0.1, 0.15) is 0 Å². The van der Waals surface area contributed by atoms with E-state index in [1.807, 2.05) is 11.8 Å². The first-order valence-corrected chi connectivity index (χ1v) is 11.5. The van der Waals surface area contributed by atoms with Crippen molar-refractivity contribution in [2.45, 2.75) is 42.8 Å². The lowest BCUT2D eigenvalue weighted by Gasteiger charge is -2.34. The molecule has 1 saturated heterocycles. The number of thioether (sulfide) groups is 1. The van der Waals surface area contributed by atoms with Gasteiger partial charge in [0.2, 0.25) is 0 Å². The van der Waals surface area contributed by atoms with E-state index in [9.17, 15) is 0 Å². The van der Waals surface area contributed by atoms with Gasteiger partial charge in [-0.05, 0) is 50.5 Å². The number of aliphatic imine (C=N–C) groups is 1. The van der Waals surface area contributed by atoms with E-state index in [1.165, 1.54) is 22.9 Å². The van der Waals surface area contributed by atoms with E-state index < -0.39 is 0 Å². The summed E-state index contributed by atoms with van der Waals surface area (Å²) in [6, 6.07) is 8.60. The number of hydrogen-bond acceptors (Lipinski definition) is 3. The zero-order valence-electron chi connectivity index (χ0n) is 15.8. The van der Waals surface area contributed by atoms with Crippen LogP contribution >= 0.6 is 27.7 Å². The van der Waals surface area contributed by atoms with E-state index in [4.69, 9.17) is 9.73 Å². The van der Waals surface area contributed by atoms with Crippen LogP contribution in [-0.2, 0) is 10.2 Å². The smallest absolute Gasteiger partial charge is 0.191 e. The first-order chi connectivity index (χ1) is 12.6. The summed E-state index contributed by atoms with van der Waals surface area (Å²) in [5.41, 5.74) is 1.65. The molecular weight excluding hydrogens is 410 g/mol. The average Bonchev–Trinajstić information content (AvgIpc) is 3.46. The van der Waals surface area contributed by atoms with Crippen LogP contribution < -0.4 is 10.6 Å². The van der Waals surface area contributed by atoms with E-state index >= 15 is 0 Å². The highest BCUT2D eigenvalue weighted by Crippen LogP contribution is 2.49. The molecule has 2 N–H and O–H groups in total. The van der Waals surface area contributed by atoms with E-state index in [0.29, 0.717) is 0 Å². The summed E-state index contributed by atoms with van der Waals surface area (Å²) < 4.78 is 6.98. The highest BCUT2D eigenvalue weighted by atomic mass is 79.9. The first-order valence-electron chi connectivity index (χ1n) is 9.53. The third-order valence-corrected chi connectivity index (χ3v) is 7.69.